The second-order valence-corrected chi connectivity index (χ2v) is 5.20. The smallest absolute Gasteiger partial charge is 0.254 e. The molecule has 0 aromatic heterocycles. The number of halogens is 1. The molecule has 0 N–H and O–H groups in total. The van der Waals surface area contributed by atoms with Crippen molar-refractivity contribution < 1.29 is 4.79 Å². The van der Waals surface area contributed by atoms with Crippen molar-refractivity contribution in [2.45, 2.75) is 20.4 Å². The van der Waals surface area contributed by atoms with Crippen LogP contribution in [0.25, 0.3) is 0 Å². The number of rotatable bonds is 2. The lowest BCUT2D eigenvalue weighted by Crippen LogP contribution is -2.27. The van der Waals surface area contributed by atoms with E-state index < -0.39 is 0 Å². The number of amides is 1. The topological polar surface area (TPSA) is 20.3 Å². The van der Waals surface area contributed by atoms with Crippen molar-refractivity contribution in [3.8, 4) is 0 Å². The van der Waals surface area contributed by atoms with Gasteiger partial charge in [-0.05, 0) is 23.6 Å². The molecule has 2 rings (SSSR count). The lowest BCUT2D eigenvalue weighted by atomic mass is 10.1. The number of hydrogen-bond donors (Lipinski definition) is 0. The Bertz CT molecular complexity index is 401. The third kappa shape index (κ3) is 1.93. The van der Waals surface area contributed by atoms with Crippen LogP contribution in [-0.4, -0.2) is 17.4 Å². The molecule has 1 aliphatic heterocycles. The summed E-state index contributed by atoms with van der Waals surface area (Å²) in [6.07, 6.45) is 0. The Morgan fingerprint density at radius 1 is 1.47 bits per heavy atom. The Morgan fingerprint density at radius 3 is 2.80 bits per heavy atom. The molecule has 1 aromatic carbocycles. The molecule has 1 amide bonds. The van der Waals surface area contributed by atoms with E-state index in [2.05, 4.69) is 29.8 Å². The molecule has 0 atom stereocenters. The normalized spacial score (nSPS) is 14.9. The standard InChI is InChI=1S/C12H14BrNO/c1-8(2)6-14-7-10-9(12(14)15)4-3-5-11(10)13/h3-5,8H,6-7H2,1-2H3. The van der Waals surface area contributed by atoms with Gasteiger partial charge in [0.05, 0.1) is 0 Å². The summed E-state index contributed by atoms with van der Waals surface area (Å²) >= 11 is 3.49. The fourth-order valence-electron chi connectivity index (χ4n) is 1.94. The first-order valence-electron chi connectivity index (χ1n) is 5.16. The van der Waals surface area contributed by atoms with Gasteiger partial charge in [-0.25, -0.2) is 0 Å². The van der Waals surface area contributed by atoms with Crippen molar-refractivity contribution in [3.63, 3.8) is 0 Å². The number of fused-ring (bicyclic) bond motifs is 1. The molecule has 0 aliphatic carbocycles. The molecular formula is C12H14BrNO. The Hall–Kier alpha value is -0.830. The maximum Gasteiger partial charge on any atom is 0.254 e. The summed E-state index contributed by atoms with van der Waals surface area (Å²) in [5, 5.41) is 0. The third-order valence-electron chi connectivity index (χ3n) is 2.57. The van der Waals surface area contributed by atoms with Crippen LogP contribution >= 0.6 is 15.9 Å². The van der Waals surface area contributed by atoms with Gasteiger partial charge in [0, 0.05) is 23.1 Å². The lowest BCUT2D eigenvalue weighted by molar-refractivity contribution is 0.0760. The maximum absolute atomic E-state index is 12.0. The molecule has 0 saturated carbocycles. The molecule has 1 aliphatic rings. The number of carbonyl (C=O) groups is 1. The molecule has 0 radical (unpaired) electrons. The number of benzene rings is 1. The van der Waals surface area contributed by atoms with Gasteiger partial charge in [0.15, 0.2) is 0 Å². The molecule has 0 unspecified atom stereocenters. The first-order chi connectivity index (χ1) is 7.09. The van der Waals surface area contributed by atoms with E-state index in [1.165, 1.54) is 0 Å². The fraction of sp³-hybridized carbons (Fsp3) is 0.417. The zero-order valence-corrected chi connectivity index (χ0v) is 10.5. The van der Waals surface area contributed by atoms with Crippen LogP contribution in [-0.2, 0) is 6.54 Å². The van der Waals surface area contributed by atoms with E-state index in [0.29, 0.717) is 5.92 Å². The van der Waals surface area contributed by atoms with Crippen LogP contribution < -0.4 is 0 Å². The molecule has 3 heteroatoms. The van der Waals surface area contributed by atoms with Crippen LogP contribution in [0.4, 0.5) is 0 Å². The highest BCUT2D eigenvalue weighted by Crippen LogP contribution is 2.29. The van der Waals surface area contributed by atoms with Crippen molar-refractivity contribution >= 4 is 21.8 Å². The van der Waals surface area contributed by atoms with Crippen molar-refractivity contribution in [1.29, 1.82) is 0 Å². The monoisotopic (exact) mass is 267 g/mol. The Balaban J connectivity index is 2.29. The lowest BCUT2D eigenvalue weighted by Gasteiger charge is -2.17. The van der Waals surface area contributed by atoms with Crippen LogP contribution in [0.5, 0.6) is 0 Å². The molecule has 0 fully saturated rings. The van der Waals surface area contributed by atoms with E-state index in [1.54, 1.807) is 0 Å². The largest absolute Gasteiger partial charge is 0.334 e. The quantitative estimate of drug-likeness (QED) is 0.807. The number of carbonyl (C=O) groups excluding carboxylic acids is 1. The zero-order valence-electron chi connectivity index (χ0n) is 8.96. The second kappa shape index (κ2) is 3.97. The van der Waals surface area contributed by atoms with Gasteiger partial charge < -0.3 is 4.90 Å². The molecule has 0 spiro atoms. The van der Waals surface area contributed by atoms with Crippen LogP contribution in [0.3, 0.4) is 0 Å². The summed E-state index contributed by atoms with van der Waals surface area (Å²) in [4.78, 5) is 13.9. The molecule has 2 nitrogen and oxygen atoms in total. The average Bonchev–Trinajstić information content (AvgIpc) is 2.46. The third-order valence-corrected chi connectivity index (χ3v) is 3.31. The van der Waals surface area contributed by atoms with Crippen LogP contribution in [0.2, 0.25) is 0 Å². The van der Waals surface area contributed by atoms with Crippen LogP contribution in [0.15, 0.2) is 22.7 Å². The summed E-state index contributed by atoms with van der Waals surface area (Å²) in [5.41, 5.74) is 1.98. The molecule has 1 heterocycles. The Kier molecular flexibility index (Phi) is 2.83. The van der Waals surface area contributed by atoms with Gasteiger partial charge in [0.2, 0.25) is 0 Å². The summed E-state index contributed by atoms with van der Waals surface area (Å²) in [6, 6.07) is 5.81. The van der Waals surface area contributed by atoms with E-state index in [9.17, 15) is 4.79 Å². The minimum atomic E-state index is 0.167. The Labute approximate surface area is 98.4 Å². The van der Waals surface area contributed by atoms with Gasteiger partial charge >= 0.3 is 0 Å². The van der Waals surface area contributed by atoms with E-state index in [1.807, 2.05) is 23.1 Å². The molecule has 0 bridgehead atoms. The number of nitrogens with zero attached hydrogens (tertiary/aromatic N) is 1. The minimum absolute atomic E-state index is 0.167. The summed E-state index contributed by atoms with van der Waals surface area (Å²) < 4.78 is 1.04. The van der Waals surface area contributed by atoms with E-state index in [-0.39, 0.29) is 5.91 Å². The second-order valence-electron chi connectivity index (χ2n) is 4.35. The van der Waals surface area contributed by atoms with Gasteiger partial charge in [-0.3, -0.25) is 4.79 Å². The van der Waals surface area contributed by atoms with E-state index >= 15 is 0 Å². The van der Waals surface area contributed by atoms with Crippen LogP contribution in [0, 0.1) is 5.92 Å². The van der Waals surface area contributed by atoms with Crippen LogP contribution in [0.1, 0.15) is 29.8 Å². The van der Waals surface area contributed by atoms with Gasteiger partial charge in [0.1, 0.15) is 0 Å². The highest BCUT2D eigenvalue weighted by molar-refractivity contribution is 9.10. The van der Waals surface area contributed by atoms with Gasteiger partial charge in [0.25, 0.3) is 5.91 Å². The first kappa shape index (κ1) is 10.7. The highest BCUT2D eigenvalue weighted by atomic mass is 79.9. The van der Waals surface area contributed by atoms with Gasteiger partial charge in [-0.15, -0.1) is 0 Å². The average molecular weight is 268 g/mol. The molecule has 1 aromatic rings. The zero-order chi connectivity index (χ0) is 11.0. The predicted octanol–water partition coefficient (Wildman–Crippen LogP) is 3.06. The molecule has 15 heavy (non-hydrogen) atoms. The minimum Gasteiger partial charge on any atom is -0.334 e. The van der Waals surface area contributed by atoms with E-state index in [0.717, 1.165) is 28.7 Å². The highest BCUT2D eigenvalue weighted by Gasteiger charge is 2.28. The Morgan fingerprint density at radius 2 is 2.20 bits per heavy atom. The molecular weight excluding hydrogens is 254 g/mol. The van der Waals surface area contributed by atoms with Crippen molar-refractivity contribution in [3.05, 3.63) is 33.8 Å². The van der Waals surface area contributed by atoms with Gasteiger partial charge in [-0.1, -0.05) is 35.8 Å². The fourth-order valence-corrected chi connectivity index (χ4v) is 2.43. The van der Waals surface area contributed by atoms with Crippen molar-refractivity contribution in [1.82, 2.24) is 4.90 Å². The van der Waals surface area contributed by atoms with Crippen molar-refractivity contribution in [2.75, 3.05) is 6.54 Å². The molecule has 0 saturated heterocycles. The summed E-state index contributed by atoms with van der Waals surface area (Å²) in [5.74, 6) is 0.682. The summed E-state index contributed by atoms with van der Waals surface area (Å²) in [6.45, 7) is 5.84. The van der Waals surface area contributed by atoms with Gasteiger partial charge in [-0.2, -0.15) is 0 Å². The predicted molar refractivity (Wildman–Crippen MR) is 63.7 cm³/mol. The maximum atomic E-state index is 12.0. The SMILES string of the molecule is CC(C)CN1Cc2c(Br)cccc2C1=O. The van der Waals surface area contributed by atoms with Crippen molar-refractivity contribution in [2.24, 2.45) is 5.92 Å². The first-order valence-corrected chi connectivity index (χ1v) is 5.95. The van der Waals surface area contributed by atoms with E-state index in [4.69, 9.17) is 0 Å². The summed E-state index contributed by atoms with van der Waals surface area (Å²) in [7, 11) is 0. The number of hydrogen-bond acceptors (Lipinski definition) is 1. The molecule has 80 valence electrons.